The van der Waals surface area contributed by atoms with Gasteiger partial charge in [0.15, 0.2) is 0 Å². The molecule has 3 aromatic carbocycles. The van der Waals surface area contributed by atoms with Gasteiger partial charge in [-0.25, -0.2) is 4.79 Å². The number of ether oxygens (including phenoxy) is 3. The van der Waals surface area contributed by atoms with Crippen LogP contribution in [0.25, 0.3) is 11.1 Å². The smallest absolute Gasteiger partial charge is 0.416 e. The number of nitrogens with zero attached hydrogens (tertiary/aromatic N) is 1. The van der Waals surface area contributed by atoms with E-state index in [2.05, 4.69) is 4.74 Å². The fourth-order valence-corrected chi connectivity index (χ4v) is 4.23. The molecule has 0 fully saturated rings. The minimum atomic E-state index is -4.71. The number of alkyl halides is 3. The van der Waals surface area contributed by atoms with E-state index in [-0.39, 0.29) is 17.9 Å². The Morgan fingerprint density at radius 3 is 2.23 bits per heavy atom. The first kappa shape index (κ1) is 29.8. The SMILES string of the molecule is CCN(Cc1ccccc1-c1cc(CC(=O)OC)c(C(F)(F)F)cc1OC)C(=O)OC(C)c1ccc(Cl)cc1. The quantitative estimate of drug-likeness (QED) is 0.253. The molecule has 0 aliphatic heterocycles. The van der Waals surface area contributed by atoms with Crippen LogP contribution in [0.3, 0.4) is 0 Å². The highest BCUT2D eigenvalue weighted by Gasteiger charge is 2.35. The minimum absolute atomic E-state index is 0.0228. The molecule has 0 aromatic heterocycles. The number of benzene rings is 3. The molecule has 39 heavy (non-hydrogen) atoms. The van der Waals surface area contributed by atoms with Crippen LogP contribution in [0, 0.1) is 0 Å². The van der Waals surface area contributed by atoms with Crippen LogP contribution in [0.2, 0.25) is 5.02 Å². The standard InChI is InChI=1S/C29H29ClF3NO5/c1-5-34(28(36)39-18(2)19-10-12-22(30)13-11-19)17-20-8-6-7-9-23(20)24-14-21(15-27(35)38-4)25(29(31,32)33)16-26(24)37-3/h6-14,16,18H,5,15,17H2,1-4H3. The van der Waals surface area contributed by atoms with Crippen LogP contribution in [0.5, 0.6) is 5.75 Å². The van der Waals surface area contributed by atoms with E-state index in [0.717, 1.165) is 18.7 Å². The van der Waals surface area contributed by atoms with Crippen molar-refractivity contribution in [2.45, 2.75) is 39.1 Å². The summed E-state index contributed by atoms with van der Waals surface area (Å²) in [4.78, 5) is 26.4. The summed E-state index contributed by atoms with van der Waals surface area (Å²) in [5.74, 6) is -0.829. The van der Waals surface area contributed by atoms with Gasteiger partial charge >= 0.3 is 18.2 Å². The Labute approximate surface area is 230 Å². The molecule has 1 amide bonds. The van der Waals surface area contributed by atoms with Crippen LogP contribution in [-0.4, -0.2) is 37.7 Å². The molecule has 0 aliphatic rings. The number of amides is 1. The molecular weight excluding hydrogens is 535 g/mol. The second-order valence-electron chi connectivity index (χ2n) is 8.71. The summed E-state index contributed by atoms with van der Waals surface area (Å²) in [7, 11) is 2.39. The highest BCUT2D eigenvalue weighted by Crippen LogP contribution is 2.41. The van der Waals surface area contributed by atoms with Gasteiger partial charge in [-0.15, -0.1) is 0 Å². The lowest BCUT2D eigenvalue weighted by Gasteiger charge is -2.25. The number of carbonyl (C=O) groups is 2. The molecule has 6 nitrogen and oxygen atoms in total. The zero-order valence-corrected chi connectivity index (χ0v) is 22.7. The monoisotopic (exact) mass is 563 g/mol. The maximum Gasteiger partial charge on any atom is 0.416 e. The molecule has 0 bridgehead atoms. The fourth-order valence-electron chi connectivity index (χ4n) is 4.10. The van der Waals surface area contributed by atoms with Crippen molar-refractivity contribution < 1.29 is 37.0 Å². The first-order valence-electron chi connectivity index (χ1n) is 12.1. The van der Waals surface area contributed by atoms with Gasteiger partial charge in [0.1, 0.15) is 11.9 Å². The van der Waals surface area contributed by atoms with Gasteiger partial charge in [0.2, 0.25) is 0 Å². The summed E-state index contributed by atoms with van der Waals surface area (Å²) in [6, 6.07) is 16.1. The first-order chi connectivity index (χ1) is 18.5. The van der Waals surface area contributed by atoms with Crippen LogP contribution in [0.1, 0.15) is 42.2 Å². The maximum atomic E-state index is 13.8. The summed E-state index contributed by atoms with van der Waals surface area (Å²) < 4.78 is 57.0. The molecule has 3 rings (SSSR count). The average Bonchev–Trinajstić information content (AvgIpc) is 2.91. The summed E-state index contributed by atoms with van der Waals surface area (Å²) >= 11 is 5.94. The number of rotatable bonds is 9. The summed E-state index contributed by atoms with van der Waals surface area (Å²) in [6.07, 6.45) is -6.37. The van der Waals surface area contributed by atoms with Crippen LogP contribution in [-0.2, 0) is 33.4 Å². The van der Waals surface area contributed by atoms with Gasteiger partial charge in [0.05, 0.1) is 26.2 Å². The third-order valence-electron chi connectivity index (χ3n) is 6.22. The van der Waals surface area contributed by atoms with E-state index in [4.69, 9.17) is 21.1 Å². The van der Waals surface area contributed by atoms with Crippen molar-refractivity contribution in [2.24, 2.45) is 0 Å². The fraction of sp³-hybridized carbons (Fsp3) is 0.310. The largest absolute Gasteiger partial charge is 0.496 e. The number of methoxy groups -OCH3 is 2. The van der Waals surface area contributed by atoms with E-state index in [0.29, 0.717) is 28.3 Å². The topological polar surface area (TPSA) is 65.1 Å². The van der Waals surface area contributed by atoms with Crippen molar-refractivity contribution in [2.75, 3.05) is 20.8 Å². The van der Waals surface area contributed by atoms with E-state index >= 15 is 0 Å². The van der Waals surface area contributed by atoms with Crippen LogP contribution in [0.15, 0.2) is 60.7 Å². The van der Waals surface area contributed by atoms with Gasteiger partial charge in [-0.3, -0.25) is 4.79 Å². The Morgan fingerprint density at radius 2 is 1.64 bits per heavy atom. The molecule has 1 atom stereocenters. The molecule has 0 spiro atoms. The molecule has 0 aliphatic carbocycles. The third-order valence-corrected chi connectivity index (χ3v) is 6.47. The molecule has 1 unspecified atom stereocenters. The molecule has 0 radical (unpaired) electrons. The van der Waals surface area contributed by atoms with Gasteiger partial charge in [-0.2, -0.15) is 13.2 Å². The van der Waals surface area contributed by atoms with Crippen LogP contribution in [0.4, 0.5) is 18.0 Å². The summed E-state index contributed by atoms with van der Waals surface area (Å²) in [5.41, 5.74) is 1.09. The zero-order chi connectivity index (χ0) is 28.7. The van der Waals surface area contributed by atoms with Gasteiger partial charge in [-0.1, -0.05) is 48.0 Å². The summed E-state index contributed by atoms with van der Waals surface area (Å²) in [6.45, 7) is 3.98. The summed E-state index contributed by atoms with van der Waals surface area (Å²) in [5, 5.41) is 0.567. The van der Waals surface area contributed by atoms with Crippen molar-refractivity contribution in [3.8, 4) is 16.9 Å². The van der Waals surface area contributed by atoms with Crippen molar-refractivity contribution >= 4 is 23.7 Å². The molecule has 0 heterocycles. The first-order valence-corrected chi connectivity index (χ1v) is 12.5. The molecule has 3 aromatic rings. The molecule has 0 N–H and O–H groups in total. The average molecular weight is 564 g/mol. The highest BCUT2D eigenvalue weighted by molar-refractivity contribution is 6.30. The lowest BCUT2D eigenvalue weighted by atomic mass is 9.93. The minimum Gasteiger partial charge on any atom is -0.496 e. The Balaban J connectivity index is 1.97. The van der Waals surface area contributed by atoms with E-state index in [1.54, 1.807) is 62.4 Å². The lowest BCUT2D eigenvalue weighted by Crippen LogP contribution is -2.31. The van der Waals surface area contributed by atoms with Gasteiger partial charge in [0, 0.05) is 23.7 Å². The van der Waals surface area contributed by atoms with Crippen molar-refractivity contribution in [3.05, 3.63) is 87.9 Å². The maximum absolute atomic E-state index is 13.8. The predicted molar refractivity (Wildman–Crippen MR) is 142 cm³/mol. The van der Waals surface area contributed by atoms with E-state index < -0.39 is 36.3 Å². The van der Waals surface area contributed by atoms with Crippen molar-refractivity contribution in [1.29, 1.82) is 0 Å². The van der Waals surface area contributed by atoms with Gasteiger partial charge in [0.25, 0.3) is 0 Å². The molecule has 0 saturated heterocycles. The van der Waals surface area contributed by atoms with Crippen molar-refractivity contribution in [3.63, 3.8) is 0 Å². The molecule has 10 heteroatoms. The Bertz CT molecular complexity index is 1310. The Morgan fingerprint density at radius 1 is 0.974 bits per heavy atom. The van der Waals surface area contributed by atoms with E-state index in [9.17, 15) is 22.8 Å². The lowest BCUT2D eigenvalue weighted by molar-refractivity contribution is -0.141. The molecular formula is C29H29ClF3NO5. The number of esters is 1. The van der Waals surface area contributed by atoms with Crippen LogP contribution >= 0.6 is 11.6 Å². The van der Waals surface area contributed by atoms with Gasteiger partial charge in [-0.05, 0) is 60.4 Å². The predicted octanol–water partition coefficient (Wildman–Crippen LogP) is 7.47. The Kier molecular flexibility index (Phi) is 9.86. The van der Waals surface area contributed by atoms with E-state index in [1.807, 2.05) is 0 Å². The third kappa shape index (κ3) is 7.44. The van der Waals surface area contributed by atoms with Crippen molar-refractivity contribution in [1.82, 2.24) is 4.90 Å². The van der Waals surface area contributed by atoms with E-state index in [1.165, 1.54) is 18.1 Å². The van der Waals surface area contributed by atoms with Gasteiger partial charge < -0.3 is 19.1 Å². The molecule has 208 valence electrons. The zero-order valence-electron chi connectivity index (χ0n) is 22.0. The normalized spacial score (nSPS) is 12.0. The van der Waals surface area contributed by atoms with Crippen LogP contribution < -0.4 is 4.74 Å². The number of hydrogen-bond acceptors (Lipinski definition) is 5. The number of hydrogen-bond donors (Lipinski definition) is 0. The highest BCUT2D eigenvalue weighted by atomic mass is 35.5. The number of carbonyl (C=O) groups excluding carboxylic acids is 2. The Hall–Kier alpha value is -3.72. The molecule has 0 saturated carbocycles. The second kappa shape index (κ2) is 12.9. The second-order valence-corrected chi connectivity index (χ2v) is 9.15. The number of halogens is 4.